The van der Waals surface area contributed by atoms with Crippen molar-refractivity contribution in [2.24, 2.45) is 0 Å². The number of amides is 1. The minimum atomic E-state index is -0.576. The summed E-state index contributed by atoms with van der Waals surface area (Å²) >= 11 is 0. The van der Waals surface area contributed by atoms with Crippen molar-refractivity contribution in [3.63, 3.8) is 0 Å². The minimum Gasteiger partial charge on any atom is -0.441 e. The van der Waals surface area contributed by atoms with Crippen LogP contribution in [0, 0.1) is 18.6 Å². The van der Waals surface area contributed by atoms with Crippen molar-refractivity contribution in [2.45, 2.75) is 19.8 Å². The first-order valence-corrected chi connectivity index (χ1v) is 9.05. The van der Waals surface area contributed by atoms with Crippen molar-refractivity contribution in [1.82, 2.24) is 25.2 Å². The van der Waals surface area contributed by atoms with E-state index in [-0.39, 0.29) is 24.3 Å². The van der Waals surface area contributed by atoms with E-state index in [9.17, 15) is 13.6 Å². The molecular weight excluding hydrogens is 394 g/mol. The third-order valence-corrected chi connectivity index (χ3v) is 4.34. The van der Waals surface area contributed by atoms with Gasteiger partial charge >= 0.3 is 0 Å². The number of carbonyl (C=O) groups is 1. The molecule has 152 valence electrons. The Labute approximate surface area is 169 Å². The highest BCUT2D eigenvalue weighted by atomic mass is 19.1. The fourth-order valence-corrected chi connectivity index (χ4v) is 2.82. The maximum absolute atomic E-state index is 14.1. The zero-order chi connectivity index (χ0) is 21.1. The molecule has 2 heterocycles. The maximum Gasteiger partial charge on any atom is 0.224 e. The lowest BCUT2D eigenvalue weighted by Gasteiger charge is -2.08. The third kappa shape index (κ3) is 4.22. The summed E-state index contributed by atoms with van der Waals surface area (Å²) < 4.78 is 34.2. The lowest BCUT2D eigenvalue weighted by molar-refractivity contribution is -0.116. The Hall–Kier alpha value is -3.95. The normalized spacial score (nSPS) is 10.9. The van der Waals surface area contributed by atoms with Crippen LogP contribution >= 0.6 is 0 Å². The van der Waals surface area contributed by atoms with E-state index in [4.69, 9.17) is 4.42 Å². The predicted molar refractivity (Wildman–Crippen MR) is 103 cm³/mol. The number of nitrogens with one attached hydrogen (secondary N) is 1. The molecule has 0 spiro atoms. The molecule has 0 saturated heterocycles. The van der Waals surface area contributed by atoms with Gasteiger partial charge in [0.05, 0.1) is 17.6 Å². The van der Waals surface area contributed by atoms with Gasteiger partial charge in [0, 0.05) is 18.4 Å². The van der Waals surface area contributed by atoms with Crippen LogP contribution in [0.2, 0.25) is 0 Å². The van der Waals surface area contributed by atoms with Gasteiger partial charge in [0.15, 0.2) is 17.5 Å². The number of aryl methyl sites for hydroxylation is 2. The zero-order valence-electron chi connectivity index (χ0n) is 15.8. The summed E-state index contributed by atoms with van der Waals surface area (Å²) in [6, 6.07) is 10.00. The van der Waals surface area contributed by atoms with Crippen LogP contribution in [-0.4, -0.2) is 31.1 Å². The molecule has 2 aromatic heterocycles. The van der Waals surface area contributed by atoms with Gasteiger partial charge in [-0.25, -0.2) is 13.8 Å². The molecule has 1 amide bonds. The van der Waals surface area contributed by atoms with E-state index >= 15 is 0 Å². The number of benzene rings is 2. The summed E-state index contributed by atoms with van der Waals surface area (Å²) in [6.45, 7) is 1.71. The first kappa shape index (κ1) is 19.4. The lowest BCUT2D eigenvalue weighted by atomic mass is 10.2. The van der Waals surface area contributed by atoms with Gasteiger partial charge in [-0.3, -0.25) is 4.79 Å². The molecule has 30 heavy (non-hydrogen) atoms. The van der Waals surface area contributed by atoms with E-state index in [1.54, 1.807) is 19.1 Å². The van der Waals surface area contributed by atoms with E-state index in [1.807, 2.05) is 0 Å². The topological polar surface area (TPSA) is 98.7 Å². The number of hydrogen-bond donors (Lipinski definition) is 1. The molecule has 10 heteroatoms. The van der Waals surface area contributed by atoms with Crippen molar-refractivity contribution >= 4 is 11.6 Å². The van der Waals surface area contributed by atoms with E-state index in [2.05, 4.69) is 25.8 Å². The van der Waals surface area contributed by atoms with Crippen LogP contribution in [0.15, 0.2) is 53.1 Å². The van der Waals surface area contributed by atoms with Crippen molar-refractivity contribution in [3.8, 4) is 17.0 Å². The van der Waals surface area contributed by atoms with Crippen LogP contribution in [0.4, 0.5) is 14.5 Å². The number of rotatable bonds is 6. The minimum absolute atomic E-state index is 0.0202. The molecule has 0 fully saturated rings. The second-order valence-corrected chi connectivity index (χ2v) is 6.48. The van der Waals surface area contributed by atoms with Crippen LogP contribution in [0.5, 0.6) is 0 Å². The molecule has 0 aliphatic rings. The molecule has 1 N–H and O–H groups in total. The van der Waals surface area contributed by atoms with Gasteiger partial charge in [-0.1, -0.05) is 0 Å². The standard InChI is InChI=1S/C20H16F2N6O2/c1-12-25-26-27-28(12)15-6-7-16(22)17(10-15)24-19(29)8-9-20-23-11-18(30-20)13-2-4-14(21)5-3-13/h2-7,10-11H,8-9H2,1H3,(H,24,29). The average molecular weight is 410 g/mol. The number of oxazole rings is 1. The van der Waals surface area contributed by atoms with E-state index in [0.717, 1.165) is 0 Å². The zero-order valence-corrected chi connectivity index (χ0v) is 15.8. The van der Waals surface area contributed by atoms with Gasteiger partial charge < -0.3 is 9.73 Å². The van der Waals surface area contributed by atoms with Gasteiger partial charge in [0.25, 0.3) is 0 Å². The maximum atomic E-state index is 14.1. The molecule has 4 rings (SSSR count). The van der Waals surface area contributed by atoms with E-state index < -0.39 is 11.7 Å². The smallest absolute Gasteiger partial charge is 0.224 e. The van der Waals surface area contributed by atoms with Gasteiger partial charge in [-0.2, -0.15) is 4.68 Å². The molecule has 4 aromatic rings. The third-order valence-electron chi connectivity index (χ3n) is 4.34. The van der Waals surface area contributed by atoms with Crippen molar-refractivity contribution in [3.05, 3.63) is 72.0 Å². The largest absolute Gasteiger partial charge is 0.441 e. The Bertz CT molecular complexity index is 1190. The predicted octanol–water partition coefficient (Wildman–Crippen LogP) is 3.48. The van der Waals surface area contributed by atoms with Crippen LogP contribution in [0.3, 0.4) is 0 Å². The Balaban J connectivity index is 1.40. The summed E-state index contributed by atoms with van der Waals surface area (Å²) in [7, 11) is 0. The highest BCUT2D eigenvalue weighted by Crippen LogP contribution is 2.22. The molecule has 0 atom stereocenters. The summed E-state index contributed by atoms with van der Waals surface area (Å²) in [5, 5.41) is 13.7. The average Bonchev–Trinajstić information content (AvgIpc) is 3.38. The van der Waals surface area contributed by atoms with Crippen LogP contribution < -0.4 is 5.32 Å². The van der Waals surface area contributed by atoms with Crippen LogP contribution in [-0.2, 0) is 11.2 Å². The lowest BCUT2D eigenvalue weighted by Crippen LogP contribution is -2.14. The molecule has 8 nitrogen and oxygen atoms in total. The molecule has 0 aliphatic heterocycles. The van der Waals surface area contributed by atoms with Crippen molar-refractivity contribution in [1.29, 1.82) is 0 Å². The van der Waals surface area contributed by atoms with E-state index in [0.29, 0.717) is 28.7 Å². The first-order valence-electron chi connectivity index (χ1n) is 9.05. The fraction of sp³-hybridized carbons (Fsp3) is 0.150. The van der Waals surface area contributed by atoms with Gasteiger partial charge in [0.1, 0.15) is 11.6 Å². The quantitative estimate of drug-likeness (QED) is 0.523. The molecule has 0 aliphatic carbocycles. The highest BCUT2D eigenvalue weighted by Gasteiger charge is 2.13. The molecule has 0 saturated carbocycles. The second kappa shape index (κ2) is 8.19. The molecule has 0 radical (unpaired) electrons. The first-order chi connectivity index (χ1) is 14.5. The number of halogens is 2. The number of tetrazole rings is 1. The van der Waals surface area contributed by atoms with Gasteiger partial charge in [-0.15, -0.1) is 5.10 Å². The molecule has 0 bridgehead atoms. The Morgan fingerprint density at radius 1 is 1.17 bits per heavy atom. The molecule has 0 unspecified atom stereocenters. The van der Waals surface area contributed by atoms with Crippen molar-refractivity contribution < 1.29 is 18.0 Å². The number of anilines is 1. The molecule has 2 aromatic carbocycles. The second-order valence-electron chi connectivity index (χ2n) is 6.48. The van der Waals surface area contributed by atoms with Crippen LogP contribution in [0.1, 0.15) is 18.1 Å². The Morgan fingerprint density at radius 2 is 1.97 bits per heavy atom. The Kier molecular flexibility index (Phi) is 5.29. The number of aromatic nitrogens is 5. The monoisotopic (exact) mass is 410 g/mol. The Morgan fingerprint density at radius 3 is 2.70 bits per heavy atom. The SMILES string of the molecule is Cc1nnnn1-c1ccc(F)c(NC(=O)CCc2ncc(-c3ccc(F)cc3)o2)c1. The summed E-state index contributed by atoms with van der Waals surface area (Å²) in [5.74, 6) is 0.0268. The number of hydrogen-bond acceptors (Lipinski definition) is 6. The van der Waals surface area contributed by atoms with E-state index in [1.165, 1.54) is 41.2 Å². The van der Waals surface area contributed by atoms with Crippen molar-refractivity contribution in [2.75, 3.05) is 5.32 Å². The number of carbonyl (C=O) groups excluding carboxylic acids is 1. The summed E-state index contributed by atoms with van der Waals surface area (Å²) in [6.07, 6.45) is 1.77. The van der Waals surface area contributed by atoms with Gasteiger partial charge in [-0.05, 0) is 59.8 Å². The summed E-state index contributed by atoms with van der Waals surface area (Å²) in [5.41, 5.74) is 1.22. The summed E-state index contributed by atoms with van der Waals surface area (Å²) in [4.78, 5) is 16.4. The number of nitrogens with zero attached hydrogens (tertiary/aromatic N) is 5. The van der Waals surface area contributed by atoms with Gasteiger partial charge in [0.2, 0.25) is 5.91 Å². The highest BCUT2D eigenvalue weighted by molar-refractivity contribution is 5.91. The van der Waals surface area contributed by atoms with Crippen LogP contribution in [0.25, 0.3) is 17.0 Å². The fourth-order valence-electron chi connectivity index (χ4n) is 2.82. The molecular formula is C20H16F2N6O2.